The van der Waals surface area contributed by atoms with Crippen molar-refractivity contribution in [1.29, 1.82) is 0 Å². The van der Waals surface area contributed by atoms with Gasteiger partial charge in [-0.3, -0.25) is 0 Å². The Bertz CT molecular complexity index is 874. The lowest BCUT2D eigenvalue weighted by Gasteiger charge is -2.12. The first-order chi connectivity index (χ1) is 13.7. The van der Waals surface area contributed by atoms with E-state index in [1.165, 1.54) is 32.3 Å². The minimum Gasteiger partial charge on any atom is -0.376 e. The van der Waals surface area contributed by atoms with Gasteiger partial charge >= 0.3 is 9.53 Å². The van der Waals surface area contributed by atoms with Crippen molar-refractivity contribution in [3.05, 3.63) is 72.8 Å². The van der Waals surface area contributed by atoms with Gasteiger partial charge in [-0.15, -0.1) is 0 Å². The fraction of sp³-hybridized carbons (Fsp3) is 0.250. The van der Waals surface area contributed by atoms with Crippen LogP contribution >= 0.6 is 0 Å². The molecule has 0 atom stereocenters. The van der Waals surface area contributed by atoms with Gasteiger partial charge in [0.1, 0.15) is 0 Å². The number of rotatable bonds is 6. The summed E-state index contributed by atoms with van der Waals surface area (Å²) < 4.78 is 15.7. The molecule has 0 N–H and O–H groups in total. The molecule has 0 aliphatic heterocycles. The molecule has 4 rings (SSSR count). The highest BCUT2D eigenvalue weighted by molar-refractivity contribution is 6.36. The molecule has 0 spiro atoms. The molecule has 28 heavy (non-hydrogen) atoms. The first-order valence-corrected chi connectivity index (χ1v) is 11.3. The van der Waals surface area contributed by atoms with Crippen LogP contribution in [-0.4, -0.2) is 29.3 Å². The zero-order chi connectivity index (χ0) is 19.8. The highest BCUT2D eigenvalue weighted by atomic mass is 28.3. The van der Waals surface area contributed by atoms with E-state index in [9.17, 15) is 0 Å². The second-order valence-corrected chi connectivity index (χ2v) is 7.98. The van der Waals surface area contributed by atoms with Crippen LogP contribution in [0.1, 0.15) is 20.8 Å². The fourth-order valence-corrected chi connectivity index (χ4v) is 4.29. The summed E-state index contributed by atoms with van der Waals surface area (Å²) >= 11 is 0. The topological polar surface area (TPSA) is 27.7 Å². The van der Waals surface area contributed by atoms with Crippen LogP contribution in [0.2, 0.25) is 0 Å². The lowest BCUT2D eigenvalue weighted by Crippen LogP contribution is -2.27. The smallest absolute Gasteiger partial charge is 0.376 e. The van der Waals surface area contributed by atoms with E-state index in [1.54, 1.807) is 0 Å². The summed E-state index contributed by atoms with van der Waals surface area (Å²) in [5.41, 5.74) is 0. The van der Waals surface area contributed by atoms with Gasteiger partial charge in [0.2, 0.25) is 0 Å². The van der Waals surface area contributed by atoms with Gasteiger partial charge in [-0.2, -0.15) is 0 Å². The number of benzene rings is 4. The molecule has 4 aromatic rings. The van der Waals surface area contributed by atoms with Crippen molar-refractivity contribution >= 4 is 41.8 Å². The third kappa shape index (κ3) is 5.18. The molecule has 0 bridgehead atoms. The van der Waals surface area contributed by atoms with Crippen LogP contribution in [0.15, 0.2) is 72.8 Å². The van der Waals surface area contributed by atoms with E-state index in [4.69, 9.17) is 13.3 Å². The molecule has 0 heterocycles. The molecule has 4 aromatic carbocycles. The molecular weight excluding hydrogens is 364 g/mol. The van der Waals surface area contributed by atoms with Gasteiger partial charge < -0.3 is 13.3 Å². The number of fused-ring (bicyclic) bond motifs is 3. The van der Waals surface area contributed by atoms with Crippen LogP contribution in [0.25, 0.3) is 32.3 Å². The van der Waals surface area contributed by atoms with Crippen LogP contribution in [0.3, 0.4) is 0 Å². The molecule has 0 aromatic heterocycles. The van der Waals surface area contributed by atoms with Gasteiger partial charge in [0.25, 0.3) is 0 Å². The Hall–Kier alpha value is -2.24. The third-order valence-corrected chi connectivity index (χ3v) is 6.29. The Kier molecular flexibility index (Phi) is 7.57. The van der Waals surface area contributed by atoms with Gasteiger partial charge in [0.05, 0.1) is 0 Å². The van der Waals surface area contributed by atoms with Crippen molar-refractivity contribution in [2.24, 2.45) is 0 Å². The molecule has 146 valence electrons. The zero-order valence-corrected chi connectivity index (χ0v) is 18.0. The van der Waals surface area contributed by atoms with Crippen molar-refractivity contribution in [2.75, 3.05) is 19.8 Å². The van der Waals surface area contributed by atoms with E-state index in [2.05, 4.69) is 72.8 Å². The Morgan fingerprint density at radius 3 is 1.04 bits per heavy atom. The van der Waals surface area contributed by atoms with E-state index in [0.29, 0.717) is 19.8 Å². The molecule has 4 heteroatoms. The van der Waals surface area contributed by atoms with E-state index < -0.39 is 9.53 Å². The zero-order valence-electron chi connectivity index (χ0n) is 16.9. The molecule has 0 saturated carbocycles. The second kappa shape index (κ2) is 10.3. The molecule has 0 saturated heterocycles. The van der Waals surface area contributed by atoms with Crippen LogP contribution < -0.4 is 0 Å². The van der Waals surface area contributed by atoms with Crippen molar-refractivity contribution in [3.8, 4) is 0 Å². The SMILES string of the molecule is CCO[SiH](OCC)OCC.c1ccc2cc3cc4ccccc4cc3cc2c1. The standard InChI is InChI=1S/C18H12.C6H16O3Si/c1-2-6-14-10-18-12-16-8-4-3-7-15(16)11-17(18)9-13(14)5-1;1-4-7-10(8-5-2)9-6-3/h1-12H;10H,4-6H2,1-3H3. The van der Waals surface area contributed by atoms with Crippen molar-refractivity contribution in [3.63, 3.8) is 0 Å². The van der Waals surface area contributed by atoms with Crippen molar-refractivity contribution in [1.82, 2.24) is 0 Å². The summed E-state index contributed by atoms with van der Waals surface area (Å²) in [6.45, 7) is 7.86. The van der Waals surface area contributed by atoms with Crippen molar-refractivity contribution in [2.45, 2.75) is 20.8 Å². The van der Waals surface area contributed by atoms with Gasteiger partial charge in [-0.1, -0.05) is 48.5 Å². The average molecular weight is 393 g/mol. The van der Waals surface area contributed by atoms with E-state index in [1.807, 2.05) is 20.8 Å². The average Bonchev–Trinajstić information content (AvgIpc) is 2.72. The number of hydrogen-bond donors (Lipinski definition) is 0. The monoisotopic (exact) mass is 392 g/mol. The van der Waals surface area contributed by atoms with Crippen LogP contribution in [-0.2, 0) is 13.3 Å². The quantitative estimate of drug-likeness (QED) is 0.299. The van der Waals surface area contributed by atoms with Gasteiger partial charge in [-0.25, -0.2) is 0 Å². The maximum atomic E-state index is 5.22. The summed E-state index contributed by atoms with van der Waals surface area (Å²) in [6, 6.07) is 26.2. The summed E-state index contributed by atoms with van der Waals surface area (Å²) in [5.74, 6) is 0. The van der Waals surface area contributed by atoms with E-state index in [0.717, 1.165) is 0 Å². The Balaban J connectivity index is 0.000000195. The largest absolute Gasteiger partial charge is 0.484 e. The first-order valence-electron chi connectivity index (χ1n) is 9.91. The highest BCUT2D eigenvalue weighted by Gasteiger charge is 2.11. The molecular formula is C24H28O3Si. The summed E-state index contributed by atoms with van der Waals surface area (Å²) in [5, 5.41) is 7.85. The first kappa shape index (κ1) is 20.5. The Morgan fingerprint density at radius 2 is 0.786 bits per heavy atom. The van der Waals surface area contributed by atoms with Crippen LogP contribution in [0.4, 0.5) is 0 Å². The van der Waals surface area contributed by atoms with Gasteiger partial charge in [0.15, 0.2) is 0 Å². The summed E-state index contributed by atoms with van der Waals surface area (Å²) in [6.07, 6.45) is 0. The predicted molar refractivity (Wildman–Crippen MR) is 121 cm³/mol. The minimum absolute atomic E-state index is 0.677. The molecule has 3 nitrogen and oxygen atoms in total. The van der Waals surface area contributed by atoms with Crippen molar-refractivity contribution < 1.29 is 13.3 Å². The van der Waals surface area contributed by atoms with E-state index >= 15 is 0 Å². The third-order valence-electron chi connectivity index (χ3n) is 4.48. The molecule has 0 unspecified atom stereocenters. The second-order valence-electron chi connectivity index (χ2n) is 6.40. The molecule has 0 fully saturated rings. The highest BCUT2D eigenvalue weighted by Crippen LogP contribution is 2.27. The van der Waals surface area contributed by atoms with Gasteiger partial charge in [-0.05, 0) is 77.4 Å². The Morgan fingerprint density at radius 1 is 0.500 bits per heavy atom. The molecule has 0 aliphatic carbocycles. The predicted octanol–water partition coefficient (Wildman–Crippen LogP) is 5.96. The Labute approximate surface area is 168 Å². The lowest BCUT2D eigenvalue weighted by atomic mass is 10.00. The molecule has 0 radical (unpaired) electrons. The van der Waals surface area contributed by atoms with Gasteiger partial charge in [0, 0.05) is 19.8 Å². The normalized spacial score (nSPS) is 11.1. The molecule has 0 aliphatic rings. The fourth-order valence-electron chi connectivity index (χ4n) is 3.19. The maximum absolute atomic E-state index is 5.22. The van der Waals surface area contributed by atoms with Crippen LogP contribution in [0, 0.1) is 0 Å². The van der Waals surface area contributed by atoms with Crippen LogP contribution in [0.5, 0.6) is 0 Å². The lowest BCUT2D eigenvalue weighted by molar-refractivity contribution is 0.107. The van der Waals surface area contributed by atoms with E-state index in [-0.39, 0.29) is 0 Å². The number of hydrogen-bond acceptors (Lipinski definition) is 3. The summed E-state index contributed by atoms with van der Waals surface area (Å²) in [7, 11) is -1.73. The molecule has 0 amide bonds. The minimum atomic E-state index is -1.73. The maximum Gasteiger partial charge on any atom is 0.484 e. The summed E-state index contributed by atoms with van der Waals surface area (Å²) in [4.78, 5) is 0.